The molecule has 0 saturated heterocycles. The van der Waals surface area contributed by atoms with Crippen molar-refractivity contribution in [1.82, 2.24) is 15.2 Å². The number of hydrazone groups is 1. The molecule has 1 aromatic heterocycles. The van der Waals surface area contributed by atoms with Crippen LogP contribution < -0.4 is 10.3 Å². The number of nitrogens with zero attached hydrogens (tertiary/aromatic N) is 3. The van der Waals surface area contributed by atoms with Gasteiger partial charge in [0.25, 0.3) is 5.56 Å². The molecule has 10 heteroatoms. The van der Waals surface area contributed by atoms with Crippen LogP contribution in [0.4, 0.5) is 4.39 Å². The fourth-order valence-corrected chi connectivity index (χ4v) is 2.69. The topological polar surface area (TPSA) is 87.7 Å². The van der Waals surface area contributed by atoms with Crippen molar-refractivity contribution in [2.75, 3.05) is 6.54 Å². The molecule has 2 aromatic rings. The van der Waals surface area contributed by atoms with Crippen molar-refractivity contribution in [2.24, 2.45) is 5.10 Å². The predicted octanol–water partition coefficient (Wildman–Crippen LogP) is 3.58. The van der Waals surface area contributed by atoms with E-state index in [0.29, 0.717) is 24.0 Å². The molecule has 1 amide bonds. The number of carbonyl (C=O) groups excluding carboxylic acids is 1. The molecule has 0 saturated carbocycles. The Balaban J connectivity index is 2.24. The number of aromatic amines is 1. The second-order valence-electron chi connectivity index (χ2n) is 5.58. The Labute approximate surface area is 164 Å². The average Bonchev–Trinajstić information content (AvgIpc) is 2.62. The van der Waals surface area contributed by atoms with Crippen LogP contribution in [0.5, 0.6) is 11.6 Å². The summed E-state index contributed by atoms with van der Waals surface area (Å²) in [6, 6.07) is 4.53. The summed E-state index contributed by atoms with van der Waals surface area (Å²) in [5, 5.41) is 11.3. The quantitative estimate of drug-likeness (QED) is 0.406. The van der Waals surface area contributed by atoms with E-state index in [1.54, 1.807) is 0 Å². The zero-order valence-electron chi connectivity index (χ0n) is 14.6. The second-order valence-corrected chi connectivity index (χ2v) is 6.40. The Bertz CT molecular complexity index is 879. The van der Waals surface area contributed by atoms with E-state index >= 15 is 0 Å². The highest BCUT2D eigenvalue weighted by atomic mass is 35.5. The van der Waals surface area contributed by atoms with Crippen molar-refractivity contribution in [3.05, 3.63) is 49.7 Å². The number of amides is 1. The molecule has 0 spiro atoms. The molecule has 0 bridgehead atoms. The summed E-state index contributed by atoms with van der Waals surface area (Å²) in [7, 11) is 0. The molecule has 1 unspecified atom stereocenters. The summed E-state index contributed by atoms with van der Waals surface area (Å²) in [4.78, 5) is 22.4. The first-order valence-corrected chi connectivity index (χ1v) is 8.75. The molecule has 144 valence electrons. The highest BCUT2D eigenvalue weighted by Gasteiger charge is 2.13. The molecular formula is C17H17Cl2FN4O3. The first kappa shape index (κ1) is 20.9. The monoisotopic (exact) mass is 414 g/mol. The van der Waals surface area contributed by atoms with E-state index in [9.17, 15) is 14.0 Å². The van der Waals surface area contributed by atoms with Crippen LogP contribution in [-0.4, -0.2) is 40.5 Å². The maximum atomic E-state index is 13.0. The predicted molar refractivity (Wildman–Crippen MR) is 102 cm³/mol. The van der Waals surface area contributed by atoms with Gasteiger partial charge in [-0.3, -0.25) is 9.59 Å². The van der Waals surface area contributed by atoms with Crippen LogP contribution in [0, 0.1) is 0 Å². The summed E-state index contributed by atoms with van der Waals surface area (Å²) in [5.74, 6) is 0.294. The fourth-order valence-electron chi connectivity index (χ4n) is 2.11. The summed E-state index contributed by atoms with van der Waals surface area (Å²) in [6.07, 6.45) is 1.04. The summed E-state index contributed by atoms with van der Waals surface area (Å²) in [5.41, 5.74) is 0.697. The van der Waals surface area contributed by atoms with Gasteiger partial charge in [-0.25, -0.2) is 14.5 Å². The number of nitrogens with one attached hydrogen (secondary N) is 1. The lowest BCUT2D eigenvalue weighted by Gasteiger charge is -2.12. The normalized spacial score (nSPS) is 12.2. The lowest BCUT2D eigenvalue weighted by molar-refractivity contribution is -0.118. The Hall–Kier alpha value is -2.45. The van der Waals surface area contributed by atoms with Gasteiger partial charge in [0, 0.05) is 11.6 Å². The number of carbonyl (C=O) groups is 1. The Morgan fingerprint density at radius 3 is 2.59 bits per heavy atom. The van der Waals surface area contributed by atoms with Crippen LogP contribution in [0.15, 0.2) is 28.1 Å². The number of benzene rings is 1. The van der Waals surface area contributed by atoms with Gasteiger partial charge in [0.05, 0.1) is 22.8 Å². The molecule has 0 aliphatic rings. The minimum atomic E-state index is -1.21. The van der Waals surface area contributed by atoms with E-state index in [2.05, 4.69) is 15.3 Å². The van der Waals surface area contributed by atoms with Crippen molar-refractivity contribution in [1.29, 1.82) is 0 Å². The van der Waals surface area contributed by atoms with E-state index in [1.165, 1.54) is 31.3 Å². The van der Waals surface area contributed by atoms with Crippen molar-refractivity contribution < 1.29 is 13.9 Å². The lowest BCUT2D eigenvalue weighted by atomic mass is 10.2. The molecule has 1 N–H and O–H groups in total. The van der Waals surface area contributed by atoms with Gasteiger partial charge in [-0.05, 0) is 31.0 Å². The maximum absolute atomic E-state index is 13.0. The minimum Gasteiger partial charge on any atom is -0.434 e. The van der Waals surface area contributed by atoms with Crippen LogP contribution in [0.1, 0.15) is 25.0 Å². The standard InChI is InChI=1S/C17H17Cl2FN4O3/c1-3-12-6-15(22-23-17(12)26)27-16-13(18)4-11(5-14(16)19)7-21-24(9-25)8-10(2)20/h4-7,9-10H,3,8H2,1-2H3,(H,23,26)/b21-7+. The first-order valence-electron chi connectivity index (χ1n) is 7.99. The molecule has 0 aliphatic heterocycles. The highest BCUT2D eigenvalue weighted by molar-refractivity contribution is 6.37. The van der Waals surface area contributed by atoms with E-state index < -0.39 is 6.17 Å². The van der Waals surface area contributed by atoms with Crippen LogP contribution in [0.2, 0.25) is 10.0 Å². The third-order valence-electron chi connectivity index (χ3n) is 3.38. The fraction of sp³-hybridized carbons (Fsp3) is 0.294. The first-order chi connectivity index (χ1) is 12.8. The molecule has 2 rings (SSSR count). The second kappa shape index (κ2) is 9.48. The number of aromatic nitrogens is 2. The van der Waals surface area contributed by atoms with Gasteiger partial charge < -0.3 is 4.74 Å². The molecule has 1 heterocycles. The Morgan fingerprint density at radius 1 is 1.37 bits per heavy atom. The largest absolute Gasteiger partial charge is 0.434 e. The number of hydrogen-bond donors (Lipinski definition) is 1. The molecule has 0 fully saturated rings. The molecule has 0 radical (unpaired) electrons. The van der Waals surface area contributed by atoms with Gasteiger partial charge in [0.15, 0.2) is 5.75 Å². The zero-order valence-corrected chi connectivity index (χ0v) is 16.1. The van der Waals surface area contributed by atoms with Crippen molar-refractivity contribution in [3.8, 4) is 11.6 Å². The van der Waals surface area contributed by atoms with Crippen molar-refractivity contribution in [3.63, 3.8) is 0 Å². The van der Waals surface area contributed by atoms with E-state index in [-0.39, 0.29) is 33.8 Å². The van der Waals surface area contributed by atoms with Crippen molar-refractivity contribution in [2.45, 2.75) is 26.4 Å². The smallest absolute Gasteiger partial charge is 0.267 e. The Kier molecular flexibility index (Phi) is 7.32. The number of rotatable bonds is 8. The maximum Gasteiger partial charge on any atom is 0.267 e. The minimum absolute atomic E-state index is 0.140. The molecule has 1 aromatic carbocycles. The SMILES string of the molecule is CCc1cc(Oc2c(Cl)cc(/C=N/N(C=O)CC(C)F)cc2Cl)n[nH]c1=O. The summed E-state index contributed by atoms with van der Waals surface area (Å²) in [6.45, 7) is 2.98. The number of aryl methyl sites for hydroxylation is 1. The van der Waals surface area contributed by atoms with Gasteiger partial charge in [0.2, 0.25) is 12.3 Å². The summed E-state index contributed by atoms with van der Waals surface area (Å²) < 4.78 is 18.6. The molecule has 27 heavy (non-hydrogen) atoms. The van der Waals surface area contributed by atoms with Gasteiger partial charge in [-0.1, -0.05) is 30.1 Å². The van der Waals surface area contributed by atoms with E-state index in [1.807, 2.05) is 6.92 Å². The lowest BCUT2D eigenvalue weighted by Crippen LogP contribution is -2.22. The Morgan fingerprint density at radius 2 is 2.04 bits per heavy atom. The number of hydrogen-bond acceptors (Lipinski definition) is 5. The van der Waals surface area contributed by atoms with E-state index in [0.717, 1.165) is 5.01 Å². The van der Waals surface area contributed by atoms with Crippen LogP contribution in [0.25, 0.3) is 0 Å². The van der Waals surface area contributed by atoms with Gasteiger partial charge >= 0.3 is 0 Å². The average molecular weight is 415 g/mol. The number of halogens is 3. The van der Waals surface area contributed by atoms with E-state index in [4.69, 9.17) is 27.9 Å². The molecule has 1 atom stereocenters. The third kappa shape index (κ3) is 5.77. The van der Waals surface area contributed by atoms with Gasteiger partial charge in [-0.2, -0.15) is 5.10 Å². The van der Waals surface area contributed by atoms with Crippen molar-refractivity contribution >= 4 is 35.8 Å². The third-order valence-corrected chi connectivity index (χ3v) is 3.94. The number of ether oxygens (including phenoxy) is 1. The molecule has 7 nitrogen and oxygen atoms in total. The zero-order chi connectivity index (χ0) is 20.0. The van der Waals surface area contributed by atoms with Gasteiger partial charge in [0.1, 0.15) is 6.17 Å². The van der Waals surface area contributed by atoms with Crippen LogP contribution in [-0.2, 0) is 11.2 Å². The molecular weight excluding hydrogens is 398 g/mol. The highest BCUT2D eigenvalue weighted by Crippen LogP contribution is 2.36. The number of H-pyrrole nitrogens is 1. The van der Waals surface area contributed by atoms with Crippen LogP contribution >= 0.6 is 23.2 Å². The molecule has 0 aliphatic carbocycles. The van der Waals surface area contributed by atoms with Gasteiger partial charge in [-0.15, -0.1) is 5.10 Å². The number of alkyl halides is 1. The van der Waals surface area contributed by atoms with Crippen LogP contribution in [0.3, 0.4) is 0 Å². The summed E-state index contributed by atoms with van der Waals surface area (Å²) >= 11 is 12.4.